The lowest BCUT2D eigenvalue weighted by Gasteiger charge is -2.37. The number of carbonyl (C=O) groups is 2. The van der Waals surface area contributed by atoms with E-state index in [-0.39, 0.29) is 29.2 Å². The van der Waals surface area contributed by atoms with Crippen LogP contribution in [0.15, 0.2) is 48.5 Å². The predicted molar refractivity (Wildman–Crippen MR) is 106 cm³/mol. The molecule has 0 aliphatic carbocycles. The number of nitrogens with zero attached hydrogens (tertiary/aromatic N) is 2. The van der Waals surface area contributed by atoms with E-state index in [1.54, 1.807) is 29.2 Å². The molecular formula is C22H25F2N3O2. The van der Waals surface area contributed by atoms with Crippen LogP contribution in [0, 0.1) is 11.6 Å². The summed E-state index contributed by atoms with van der Waals surface area (Å²) in [4.78, 5) is 28.5. The molecule has 1 N–H and O–H groups in total. The number of amides is 2. The number of nitrogens with one attached hydrogen (secondary N) is 1. The monoisotopic (exact) mass is 401 g/mol. The third kappa shape index (κ3) is 5.38. The Bertz CT molecular complexity index is 849. The fraction of sp³-hybridized carbons (Fsp3) is 0.364. The Morgan fingerprint density at radius 3 is 2.31 bits per heavy atom. The Hall–Kier alpha value is -2.80. The first-order valence-electron chi connectivity index (χ1n) is 9.75. The smallest absolute Gasteiger partial charge is 0.256 e. The second-order valence-electron chi connectivity index (χ2n) is 7.15. The molecule has 1 aliphatic rings. The van der Waals surface area contributed by atoms with Crippen LogP contribution >= 0.6 is 0 Å². The molecule has 7 heteroatoms. The van der Waals surface area contributed by atoms with Crippen LogP contribution in [0.5, 0.6) is 0 Å². The molecule has 0 spiro atoms. The SMILES string of the molecule is CC(C(=O)NCCc1ccc(F)cc1)N1CCN(C(=O)c2ccccc2F)CC1. The van der Waals surface area contributed by atoms with Gasteiger partial charge in [-0.1, -0.05) is 24.3 Å². The topological polar surface area (TPSA) is 52.7 Å². The second kappa shape index (κ2) is 9.60. The molecule has 2 aromatic rings. The summed E-state index contributed by atoms with van der Waals surface area (Å²) < 4.78 is 26.8. The molecule has 0 aromatic heterocycles. The van der Waals surface area contributed by atoms with E-state index in [0.717, 1.165) is 5.56 Å². The minimum atomic E-state index is -0.520. The van der Waals surface area contributed by atoms with Gasteiger partial charge < -0.3 is 10.2 Å². The highest BCUT2D eigenvalue weighted by molar-refractivity contribution is 5.94. The zero-order chi connectivity index (χ0) is 20.8. The van der Waals surface area contributed by atoms with Gasteiger partial charge in [-0.15, -0.1) is 0 Å². The van der Waals surface area contributed by atoms with Crippen LogP contribution in [-0.2, 0) is 11.2 Å². The molecule has 3 rings (SSSR count). The van der Waals surface area contributed by atoms with Crippen molar-refractivity contribution >= 4 is 11.8 Å². The molecule has 1 heterocycles. The van der Waals surface area contributed by atoms with Crippen LogP contribution in [0.3, 0.4) is 0 Å². The van der Waals surface area contributed by atoms with E-state index in [1.807, 2.05) is 11.8 Å². The van der Waals surface area contributed by atoms with E-state index >= 15 is 0 Å². The summed E-state index contributed by atoms with van der Waals surface area (Å²) in [5.74, 6) is -1.20. The largest absolute Gasteiger partial charge is 0.354 e. The molecule has 5 nitrogen and oxygen atoms in total. The maximum Gasteiger partial charge on any atom is 0.256 e. The van der Waals surface area contributed by atoms with Gasteiger partial charge in [0.1, 0.15) is 11.6 Å². The van der Waals surface area contributed by atoms with Crippen LogP contribution in [-0.4, -0.2) is 60.4 Å². The van der Waals surface area contributed by atoms with Gasteiger partial charge in [0.15, 0.2) is 0 Å². The van der Waals surface area contributed by atoms with Crippen molar-refractivity contribution in [2.75, 3.05) is 32.7 Å². The van der Waals surface area contributed by atoms with Crippen molar-refractivity contribution in [3.63, 3.8) is 0 Å². The van der Waals surface area contributed by atoms with E-state index < -0.39 is 5.82 Å². The quantitative estimate of drug-likeness (QED) is 0.809. The first-order chi connectivity index (χ1) is 14.0. The highest BCUT2D eigenvalue weighted by atomic mass is 19.1. The highest BCUT2D eigenvalue weighted by Crippen LogP contribution is 2.13. The Morgan fingerprint density at radius 2 is 1.66 bits per heavy atom. The van der Waals surface area contributed by atoms with Gasteiger partial charge in [0, 0.05) is 32.7 Å². The lowest BCUT2D eigenvalue weighted by atomic mass is 10.1. The first-order valence-corrected chi connectivity index (χ1v) is 9.75. The van der Waals surface area contributed by atoms with Crippen molar-refractivity contribution in [2.24, 2.45) is 0 Å². The van der Waals surface area contributed by atoms with Crippen LogP contribution in [0.1, 0.15) is 22.8 Å². The van der Waals surface area contributed by atoms with Crippen LogP contribution < -0.4 is 5.32 Å². The Morgan fingerprint density at radius 1 is 1.00 bits per heavy atom. The fourth-order valence-corrected chi connectivity index (χ4v) is 3.41. The molecule has 2 amide bonds. The highest BCUT2D eigenvalue weighted by Gasteiger charge is 2.28. The number of benzene rings is 2. The van der Waals surface area contributed by atoms with Crippen molar-refractivity contribution in [1.29, 1.82) is 0 Å². The Labute approximate surface area is 169 Å². The third-order valence-corrected chi connectivity index (χ3v) is 5.26. The van der Waals surface area contributed by atoms with Gasteiger partial charge in [-0.2, -0.15) is 0 Å². The summed E-state index contributed by atoms with van der Waals surface area (Å²) in [6, 6.07) is 11.9. The number of carbonyl (C=O) groups excluding carboxylic acids is 2. The summed E-state index contributed by atoms with van der Waals surface area (Å²) in [6.45, 7) is 4.29. The lowest BCUT2D eigenvalue weighted by molar-refractivity contribution is -0.126. The van der Waals surface area contributed by atoms with Crippen LogP contribution in [0.4, 0.5) is 8.78 Å². The molecular weight excluding hydrogens is 376 g/mol. The molecule has 1 saturated heterocycles. The molecule has 0 bridgehead atoms. The van der Waals surface area contributed by atoms with Gasteiger partial charge in [0.2, 0.25) is 5.91 Å². The van der Waals surface area contributed by atoms with Crippen LogP contribution in [0.2, 0.25) is 0 Å². The molecule has 29 heavy (non-hydrogen) atoms. The van der Waals surface area contributed by atoms with Crippen molar-refractivity contribution in [2.45, 2.75) is 19.4 Å². The summed E-state index contributed by atoms with van der Waals surface area (Å²) in [6.07, 6.45) is 0.629. The average Bonchev–Trinajstić information content (AvgIpc) is 2.74. The number of rotatable bonds is 6. The summed E-state index contributed by atoms with van der Waals surface area (Å²) >= 11 is 0. The number of piperazine rings is 1. The van der Waals surface area contributed by atoms with Gasteiger partial charge in [-0.3, -0.25) is 14.5 Å². The van der Waals surface area contributed by atoms with Gasteiger partial charge in [0.05, 0.1) is 11.6 Å². The third-order valence-electron chi connectivity index (χ3n) is 5.26. The summed E-state index contributed by atoms with van der Waals surface area (Å²) in [7, 11) is 0. The number of hydrogen-bond donors (Lipinski definition) is 1. The van der Waals surface area contributed by atoms with E-state index in [9.17, 15) is 18.4 Å². The van der Waals surface area contributed by atoms with E-state index in [4.69, 9.17) is 0 Å². The Balaban J connectivity index is 1.44. The number of hydrogen-bond acceptors (Lipinski definition) is 3. The molecule has 1 atom stereocenters. The van der Waals surface area contributed by atoms with Gasteiger partial charge in [-0.05, 0) is 43.2 Å². The van der Waals surface area contributed by atoms with Crippen LogP contribution in [0.25, 0.3) is 0 Å². The van der Waals surface area contributed by atoms with E-state index in [0.29, 0.717) is 39.1 Å². The zero-order valence-electron chi connectivity index (χ0n) is 16.4. The Kier molecular flexibility index (Phi) is 6.93. The zero-order valence-corrected chi connectivity index (χ0v) is 16.4. The molecule has 1 aliphatic heterocycles. The number of halogens is 2. The van der Waals surface area contributed by atoms with Crippen molar-refractivity contribution in [1.82, 2.24) is 15.1 Å². The maximum absolute atomic E-state index is 13.8. The van der Waals surface area contributed by atoms with E-state index in [1.165, 1.54) is 24.3 Å². The van der Waals surface area contributed by atoms with E-state index in [2.05, 4.69) is 5.32 Å². The molecule has 2 aromatic carbocycles. The second-order valence-corrected chi connectivity index (χ2v) is 7.15. The summed E-state index contributed by atoms with van der Waals surface area (Å²) in [5.41, 5.74) is 1.03. The average molecular weight is 401 g/mol. The minimum Gasteiger partial charge on any atom is -0.354 e. The minimum absolute atomic E-state index is 0.0764. The fourth-order valence-electron chi connectivity index (χ4n) is 3.41. The molecule has 1 fully saturated rings. The van der Waals surface area contributed by atoms with Gasteiger partial charge >= 0.3 is 0 Å². The lowest BCUT2D eigenvalue weighted by Crippen LogP contribution is -2.55. The molecule has 154 valence electrons. The van der Waals surface area contributed by atoms with Crippen molar-refractivity contribution < 1.29 is 18.4 Å². The summed E-state index contributed by atoms with van der Waals surface area (Å²) in [5, 5.41) is 2.91. The maximum atomic E-state index is 13.8. The standard InChI is InChI=1S/C22H25F2N3O2/c1-16(21(28)25-11-10-17-6-8-18(23)9-7-17)26-12-14-27(15-13-26)22(29)19-4-2-3-5-20(19)24/h2-9,16H,10-15H2,1H3,(H,25,28). The first kappa shape index (κ1) is 20.9. The van der Waals surface area contributed by atoms with Crippen molar-refractivity contribution in [3.8, 4) is 0 Å². The van der Waals surface area contributed by atoms with Crippen molar-refractivity contribution in [3.05, 3.63) is 71.3 Å². The molecule has 0 saturated carbocycles. The predicted octanol–water partition coefficient (Wildman–Crippen LogP) is 2.47. The van der Waals surface area contributed by atoms with Gasteiger partial charge in [0.25, 0.3) is 5.91 Å². The molecule has 1 unspecified atom stereocenters. The normalized spacial score (nSPS) is 15.8. The van der Waals surface area contributed by atoms with Gasteiger partial charge in [-0.25, -0.2) is 8.78 Å². The molecule has 0 radical (unpaired) electrons.